The van der Waals surface area contributed by atoms with E-state index in [9.17, 15) is 0 Å². The second-order valence-electron chi connectivity index (χ2n) is 6.22. The van der Waals surface area contributed by atoms with Crippen molar-refractivity contribution >= 4 is 34.4 Å². The van der Waals surface area contributed by atoms with Crippen molar-refractivity contribution in [2.24, 2.45) is 0 Å². The molecule has 4 nitrogen and oxygen atoms in total. The Bertz CT molecular complexity index is 445. The maximum Gasteiger partial charge on any atom is 0.227 e. The van der Waals surface area contributed by atoms with E-state index >= 15 is 0 Å². The minimum absolute atomic E-state index is 0.00577. The van der Waals surface area contributed by atoms with Gasteiger partial charge >= 0.3 is 0 Å². The third-order valence-electron chi connectivity index (χ3n) is 3.46. The average molecular weight is 374 g/mol. The number of hydrogen-bond donors (Lipinski definition) is 1. The fraction of sp³-hybridized carbons (Fsp3) is 0.714. The number of halogens is 1. The molecule has 2 rings (SSSR count). The van der Waals surface area contributed by atoms with Crippen LogP contribution < -0.4 is 10.6 Å². The predicted octanol–water partition coefficient (Wildman–Crippen LogP) is 3.34. The van der Waals surface area contributed by atoms with E-state index in [1.807, 2.05) is 0 Å². The molecule has 0 bridgehead atoms. The Labute approximate surface area is 129 Å². The van der Waals surface area contributed by atoms with Gasteiger partial charge in [0.1, 0.15) is 5.82 Å². The number of aromatic nitrogens is 2. The summed E-state index contributed by atoms with van der Waals surface area (Å²) in [5, 5.41) is 0. The van der Waals surface area contributed by atoms with Crippen LogP contribution in [0.5, 0.6) is 0 Å². The minimum Gasteiger partial charge on any atom is -0.383 e. The first-order valence-electron chi connectivity index (χ1n) is 6.98. The van der Waals surface area contributed by atoms with Crippen LogP contribution in [0.15, 0.2) is 0 Å². The quantitative estimate of drug-likeness (QED) is 0.767. The molecular weight excluding hydrogens is 351 g/mol. The fourth-order valence-corrected chi connectivity index (χ4v) is 3.41. The van der Waals surface area contributed by atoms with Crippen molar-refractivity contribution in [1.82, 2.24) is 9.97 Å². The topological polar surface area (TPSA) is 55.0 Å². The summed E-state index contributed by atoms with van der Waals surface area (Å²) in [5.74, 6) is 1.42. The average Bonchev–Trinajstić information content (AvgIpc) is 2.59. The molecular formula is C14H23IN4. The van der Waals surface area contributed by atoms with Crippen molar-refractivity contribution in [3.8, 4) is 0 Å². The standard InChI is InChI=1S/C14H23IN4/c1-14(2,3)11-10(15)12(16)18-13(17-11)19-8-6-4-5-7-9-19/h4-9H2,1-3H3,(H2,16,17,18). The molecule has 0 atom stereocenters. The molecule has 0 unspecified atom stereocenters. The normalized spacial score (nSPS) is 17.4. The number of rotatable bonds is 1. The van der Waals surface area contributed by atoms with Gasteiger partial charge in [-0.2, -0.15) is 4.98 Å². The van der Waals surface area contributed by atoms with Crippen LogP contribution in [0.25, 0.3) is 0 Å². The van der Waals surface area contributed by atoms with Gasteiger partial charge in [0.2, 0.25) is 5.95 Å². The molecule has 2 heterocycles. The highest BCUT2D eigenvalue weighted by Gasteiger charge is 2.24. The Morgan fingerprint density at radius 2 is 1.63 bits per heavy atom. The Balaban J connectivity index is 2.38. The first-order chi connectivity index (χ1) is 8.89. The van der Waals surface area contributed by atoms with E-state index in [0.29, 0.717) is 5.82 Å². The molecule has 0 saturated carbocycles. The van der Waals surface area contributed by atoms with Crippen molar-refractivity contribution in [3.05, 3.63) is 9.26 Å². The summed E-state index contributed by atoms with van der Waals surface area (Å²) in [5.41, 5.74) is 7.13. The maximum atomic E-state index is 6.08. The zero-order valence-corrected chi connectivity index (χ0v) is 14.2. The van der Waals surface area contributed by atoms with Crippen LogP contribution in [0.3, 0.4) is 0 Å². The van der Waals surface area contributed by atoms with Gasteiger partial charge in [0.15, 0.2) is 0 Å². The van der Waals surface area contributed by atoms with Gasteiger partial charge in [0.05, 0.1) is 9.26 Å². The summed E-state index contributed by atoms with van der Waals surface area (Å²) in [6.07, 6.45) is 5.06. The summed E-state index contributed by atoms with van der Waals surface area (Å²) in [4.78, 5) is 11.6. The Morgan fingerprint density at radius 3 is 2.16 bits per heavy atom. The molecule has 0 aromatic carbocycles. The van der Waals surface area contributed by atoms with E-state index in [4.69, 9.17) is 10.7 Å². The van der Waals surface area contributed by atoms with Crippen LogP contribution in [-0.4, -0.2) is 23.1 Å². The molecule has 5 heteroatoms. The highest BCUT2D eigenvalue weighted by atomic mass is 127. The molecule has 1 aliphatic heterocycles. The third kappa shape index (κ3) is 3.49. The monoisotopic (exact) mass is 374 g/mol. The van der Waals surface area contributed by atoms with Gasteiger partial charge in [-0.1, -0.05) is 33.6 Å². The number of anilines is 2. The molecule has 0 amide bonds. The predicted molar refractivity (Wildman–Crippen MR) is 88.5 cm³/mol. The summed E-state index contributed by atoms with van der Waals surface area (Å²) >= 11 is 2.26. The van der Waals surface area contributed by atoms with Crippen LogP contribution in [0.1, 0.15) is 52.1 Å². The number of nitrogen functional groups attached to an aromatic ring is 1. The molecule has 1 aliphatic rings. The lowest BCUT2D eigenvalue weighted by atomic mass is 9.92. The van der Waals surface area contributed by atoms with Crippen LogP contribution in [0, 0.1) is 3.57 Å². The van der Waals surface area contributed by atoms with Crippen LogP contribution in [0.2, 0.25) is 0 Å². The summed E-state index contributed by atoms with van der Waals surface area (Å²) in [7, 11) is 0. The van der Waals surface area contributed by atoms with E-state index in [1.54, 1.807) is 0 Å². The SMILES string of the molecule is CC(C)(C)c1nc(N2CCCCCC2)nc(N)c1I. The van der Waals surface area contributed by atoms with E-state index < -0.39 is 0 Å². The zero-order chi connectivity index (χ0) is 14.0. The van der Waals surface area contributed by atoms with Gasteiger partial charge in [0.25, 0.3) is 0 Å². The molecule has 1 aromatic rings. The van der Waals surface area contributed by atoms with E-state index in [1.165, 1.54) is 25.7 Å². The Kier molecular flexibility index (Phi) is 4.53. The smallest absolute Gasteiger partial charge is 0.227 e. The lowest BCUT2D eigenvalue weighted by molar-refractivity contribution is 0.561. The van der Waals surface area contributed by atoms with E-state index in [0.717, 1.165) is 28.3 Å². The molecule has 0 aliphatic carbocycles. The molecule has 2 N–H and O–H groups in total. The third-order valence-corrected chi connectivity index (χ3v) is 4.53. The molecule has 106 valence electrons. The Morgan fingerprint density at radius 1 is 1.05 bits per heavy atom. The highest BCUT2D eigenvalue weighted by molar-refractivity contribution is 14.1. The minimum atomic E-state index is -0.00577. The van der Waals surface area contributed by atoms with Crippen molar-refractivity contribution in [2.45, 2.75) is 51.9 Å². The summed E-state index contributed by atoms with van der Waals surface area (Å²) < 4.78 is 0.990. The van der Waals surface area contributed by atoms with Gasteiger partial charge < -0.3 is 10.6 Å². The molecule has 1 aromatic heterocycles. The van der Waals surface area contributed by atoms with E-state index in [-0.39, 0.29) is 5.41 Å². The molecule has 0 spiro atoms. The second kappa shape index (κ2) is 5.81. The first kappa shape index (κ1) is 14.8. The van der Waals surface area contributed by atoms with Crippen LogP contribution in [-0.2, 0) is 5.41 Å². The molecule has 1 saturated heterocycles. The van der Waals surface area contributed by atoms with Crippen LogP contribution in [0.4, 0.5) is 11.8 Å². The van der Waals surface area contributed by atoms with Crippen molar-refractivity contribution < 1.29 is 0 Å². The van der Waals surface area contributed by atoms with Gasteiger partial charge in [-0.15, -0.1) is 0 Å². The Hall–Kier alpha value is -0.590. The van der Waals surface area contributed by atoms with Gasteiger partial charge in [0, 0.05) is 18.5 Å². The maximum absolute atomic E-state index is 6.08. The fourth-order valence-electron chi connectivity index (χ4n) is 2.36. The summed E-state index contributed by atoms with van der Waals surface area (Å²) in [6.45, 7) is 8.60. The summed E-state index contributed by atoms with van der Waals surface area (Å²) in [6, 6.07) is 0. The van der Waals surface area contributed by atoms with E-state index in [2.05, 4.69) is 53.2 Å². The molecule has 1 fully saturated rings. The molecule has 19 heavy (non-hydrogen) atoms. The number of nitrogens with zero attached hydrogens (tertiary/aromatic N) is 3. The largest absolute Gasteiger partial charge is 0.383 e. The van der Waals surface area contributed by atoms with Crippen molar-refractivity contribution in [3.63, 3.8) is 0 Å². The lowest BCUT2D eigenvalue weighted by Crippen LogP contribution is -2.28. The molecule has 0 radical (unpaired) electrons. The van der Waals surface area contributed by atoms with Gasteiger partial charge in [-0.25, -0.2) is 4.98 Å². The van der Waals surface area contributed by atoms with Crippen molar-refractivity contribution in [2.75, 3.05) is 23.7 Å². The number of hydrogen-bond acceptors (Lipinski definition) is 4. The second-order valence-corrected chi connectivity index (χ2v) is 7.30. The first-order valence-corrected chi connectivity index (χ1v) is 8.06. The van der Waals surface area contributed by atoms with Gasteiger partial charge in [-0.05, 0) is 35.4 Å². The lowest BCUT2D eigenvalue weighted by Gasteiger charge is -2.25. The van der Waals surface area contributed by atoms with Crippen molar-refractivity contribution in [1.29, 1.82) is 0 Å². The van der Waals surface area contributed by atoms with Crippen LogP contribution >= 0.6 is 22.6 Å². The zero-order valence-electron chi connectivity index (χ0n) is 12.0. The van der Waals surface area contributed by atoms with Gasteiger partial charge in [-0.3, -0.25) is 0 Å². The highest BCUT2D eigenvalue weighted by Crippen LogP contribution is 2.30. The number of nitrogens with two attached hydrogens (primary N) is 1.